The van der Waals surface area contributed by atoms with Crippen LogP contribution in [0.5, 0.6) is 0 Å². The number of anilines is 1. The van der Waals surface area contributed by atoms with Gasteiger partial charge in [-0.05, 0) is 13.0 Å². The smallest absolute Gasteiger partial charge is 0.200 e. The molecule has 0 saturated carbocycles. The fourth-order valence-corrected chi connectivity index (χ4v) is 1.93. The molecule has 0 spiro atoms. The van der Waals surface area contributed by atoms with E-state index in [1.165, 1.54) is 0 Å². The molecule has 98 valence electrons. The third-order valence-corrected chi connectivity index (χ3v) is 3.00. The van der Waals surface area contributed by atoms with Gasteiger partial charge in [-0.1, -0.05) is 30.3 Å². The van der Waals surface area contributed by atoms with Gasteiger partial charge in [0.2, 0.25) is 0 Å². The van der Waals surface area contributed by atoms with Gasteiger partial charge in [0.25, 0.3) is 0 Å². The van der Waals surface area contributed by atoms with Gasteiger partial charge in [0.15, 0.2) is 11.6 Å². The standard InChI is InChI=1S/C15H13N5/c1-10-12(11-6-3-2-4-7-11)19-15(20-13(10)16)14-17-8-5-9-18-14/h2-9H,1H3,(H2,16,19,20). The molecule has 0 unspecified atom stereocenters. The summed E-state index contributed by atoms with van der Waals surface area (Å²) in [6.45, 7) is 1.91. The predicted octanol–water partition coefficient (Wildman–Crippen LogP) is 2.49. The minimum Gasteiger partial charge on any atom is -0.383 e. The van der Waals surface area contributed by atoms with Crippen molar-refractivity contribution >= 4 is 5.82 Å². The molecule has 5 nitrogen and oxygen atoms in total. The lowest BCUT2D eigenvalue weighted by Crippen LogP contribution is -2.03. The number of rotatable bonds is 2. The zero-order chi connectivity index (χ0) is 13.9. The highest BCUT2D eigenvalue weighted by Gasteiger charge is 2.13. The summed E-state index contributed by atoms with van der Waals surface area (Å²) in [7, 11) is 0. The highest BCUT2D eigenvalue weighted by Crippen LogP contribution is 2.26. The molecule has 2 heterocycles. The van der Waals surface area contributed by atoms with Crippen LogP contribution in [-0.4, -0.2) is 19.9 Å². The third kappa shape index (κ3) is 2.21. The normalized spacial score (nSPS) is 10.4. The van der Waals surface area contributed by atoms with Crippen molar-refractivity contribution in [3.63, 3.8) is 0 Å². The van der Waals surface area contributed by atoms with E-state index in [1.807, 2.05) is 37.3 Å². The second kappa shape index (κ2) is 5.05. The van der Waals surface area contributed by atoms with Crippen LogP contribution in [0.4, 0.5) is 5.82 Å². The van der Waals surface area contributed by atoms with Crippen molar-refractivity contribution in [2.75, 3.05) is 5.73 Å². The average molecular weight is 263 g/mol. The molecule has 3 rings (SSSR count). The molecule has 1 aromatic carbocycles. The first-order valence-corrected chi connectivity index (χ1v) is 6.22. The number of benzene rings is 1. The molecule has 20 heavy (non-hydrogen) atoms. The zero-order valence-electron chi connectivity index (χ0n) is 11.0. The van der Waals surface area contributed by atoms with E-state index in [1.54, 1.807) is 18.5 Å². The predicted molar refractivity (Wildman–Crippen MR) is 77.6 cm³/mol. The van der Waals surface area contributed by atoms with E-state index in [-0.39, 0.29) is 0 Å². The lowest BCUT2D eigenvalue weighted by molar-refractivity contribution is 1.07. The van der Waals surface area contributed by atoms with Gasteiger partial charge in [-0.2, -0.15) is 0 Å². The lowest BCUT2D eigenvalue weighted by atomic mass is 10.1. The maximum atomic E-state index is 5.99. The molecule has 0 aliphatic carbocycles. The Labute approximate surface area is 116 Å². The van der Waals surface area contributed by atoms with E-state index in [0.29, 0.717) is 17.5 Å². The summed E-state index contributed by atoms with van der Waals surface area (Å²) < 4.78 is 0. The number of hydrogen-bond acceptors (Lipinski definition) is 5. The highest BCUT2D eigenvalue weighted by atomic mass is 15.0. The molecule has 0 aliphatic rings. The Morgan fingerprint density at radius 3 is 2.25 bits per heavy atom. The van der Waals surface area contributed by atoms with Gasteiger partial charge in [-0.3, -0.25) is 0 Å². The average Bonchev–Trinajstić information content (AvgIpc) is 2.51. The van der Waals surface area contributed by atoms with E-state index in [9.17, 15) is 0 Å². The van der Waals surface area contributed by atoms with Crippen molar-refractivity contribution in [1.82, 2.24) is 19.9 Å². The van der Waals surface area contributed by atoms with Gasteiger partial charge in [-0.15, -0.1) is 0 Å². The van der Waals surface area contributed by atoms with Crippen LogP contribution < -0.4 is 5.73 Å². The van der Waals surface area contributed by atoms with Gasteiger partial charge in [0.1, 0.15) is 5.82 Å². The molecular formula is C15H13N5. The first-order chi connectivity index (χ1) is 9.75. The molecule has 0 amide bonds. The number of aromatic nitrogens is 4. The summed E-state index contributed by atoms with van der Waals surface area (Å²) in [5, 5.41) is 0. The van der Waals surface area contributed by atoms with Gasteiger partial charge in [-0.25, -0.2) is 19.9 Å². The SMILES string of the molecule is Cc1c(N)nc(-c2ncccn2)nc1-c1ccccc1. The maximum Gasteiger partial charge on any atom is 0.200 e. The van der Waals surface area contributed by atoms with Crippen LogP contribution >= 0.6 is 0 Å². The van der Waals surface area contributed by atoms with Crippen LogP contribution in [0, 0.1) is 6.92 Å². The van der Waals surface area contributed by atoms with Gasteiger partial charge < -0.3 is 5.73 Å². The highest BCUT2D eigenvalue weighted by molar-refractivity contribution is 5.69. The van der Waals surface area contributed by atoms with E-state index < -0.39 is 0 Å². The molecule has 2 aromatic heterocycles. The van der Waals surface area contributed by atoms with E-state index in [4.69, 9.17) is 5.73 Å². The molecule has 0 fully saturated rings. The summed E-state index contributed by atoms with van der Waals surface area (Å²) in [6, 6.07) is 11.6. The molecule has 2 N–H and O–H groups in total. The Balaban J connectivity index is 2.19. The fraction of sp³-hybridized carbons (Fsp3) is 0.0667. The molecule has 0 atom stereocenters. The van der Waals surface area contributed by atoms with Gasteiger partial charge >= 0.3 is 0 Å². The third-order valence-electron chi connectivity index (χ3n) is 3.00. The zero-order valence-corrected chi connectivity index (χ0v) is 11.0. The van der Waals surface area contributed by atoms with Crippen molar-refractivity contribution in [3.05, 3.63) is 54.4 Å². The van der Waals surface area contributed by atoms with Crippen molar-refractivity contribution in [3.8, 4) is 22.9 Å². The first kappa shape index (κ1) is 12.2. The van der Waals surface area contributed by atoms with Crippen molar-refractivity contribution in [2.45, 2.75) is 6.92 Å². The quantitative estimate of drug-likeness (QED) is 0.768. The number of nitrogens with zero attached hydrogens (tertiary/aromatic N) is 4. The van der Waals surface area contributed by atoms with Crippen LogP contribution in [0.2, 0.25) is 0 Å². The Hall–Kier alpha value is -2.82. The summed E-state index contributed by atoms with van der Waals surface area (Å²) in [6.07, 6.45) is 3.31. The largest absolute Gasteiger partial charge is 0.383 e. The van der Waals surface area contributed by atoms with Crippen molar-refractivity contribution in [2.24, 2.45) is 0 Å². The summed E-state index contributed by atoms with van der Waals surface area (Å²) >= 11 is 0. The number of nitrogens with two attached hydrogens (primary N) is 1. The molecule has 0 radical (unpaired) electrons. The Kier molecular flexibility index (Phi) is 3.09. The molecule has 0 aliphatic heterocycles. The van der Waals surface area contributed by atoms with Crippen LogP contribution in [0.15, 0.2) is 48.8 Å². The topological polar surface area (TPSA) is 77.6 Å². The summed E-state index contributed by atoms with van der Waals surface area (Å²) in [5.74, 6) is 1.35. The Bertz CT molecular complexity index is 726. The fourth-order valence-electron chi connectivity index (χ4n) is 1.93. The van der Waals surface area contributed by atoms with Crippen molar-refractivity contribution in [1.29, 1.82) is 0 Å². The lowest BCUT2D eigenvalue weighted by Gasteiger charge is -2.09. The number of hydrogen-bond donors (Lipinski definition) is 1. The van der Waals surface area contributed by atoms with E-state index in [0.717, 1.165) is 16.8 Å². The maximum absolute atomic E-state index is 5.99. The van der Waals surface area contributed by atoms with Crippen LogP contribution in [0.25, 0.3) is 22.9 Å². The van der Waals surface area contributed by atoms with Gasteiger partial charge in [0, 0.05) is 23.5 Å². The minimum atomic E-state index is 0.438. The van der Waals surface area contributed by atoms with Crippen LogP contribution in [-0.2, 0) is 0 Å². The second-order valence-electron chi connectivity index (χ2n) is 4.34. The van der Waals surface area contributed by atoms with Gasteiger partial charge in [0.05, 0.1) is 5.69 Å². The Morgan fingerprint density at radius 2 is 1.55 bits per heavy atom. The summed E-state index contributed by atoms with van der Waals surface area (Å²) in [4.78, 5) is 17.2. The summed E-state index contributed by atoms with van der Waals surface area (Å²) in [5.41, 5.74) is 8.65. The molecular weight excluding hydrogens is 250 g/mol. The molecule has 3 aromatic rings. The molecule has 0 bridgehead atoms. The van der Waals surface area contributed by atoms with Crippen LogP contribution in [0.3, 0.4) is 0 Å². The monoisotopic (exact) mass is 263 g/mol. The van der Waals surface area contributed by atoms with Crippen molar-refractivity contribution < 1.29 is 0 Å². The second-order valence-corrected chi connectivity index (χ2v) is 4.34. The van der Waals surface area contributed by atoms with E-state index in [2.05, 4.69) is 19.9 Å². The molecule has 5 heteroatoms. The Morgan fingerprint density at radius 1 is 0.850 bits per heavy atom. The first-order valence-electron chi connectivity index (χ1n) is 6.22. The van der Waals surface area contributed by atoms with Crippen LogP contribution in [0.1, 0.15) is 5.56 Å². The van der Waals surface area contributed by atoms with E-state index >= 15 is 0 Å². The number of nitrogen functional groups attached to an aromatic ring is 1. The molecule has 0 saturated heterocycles. The minimum absolute atomic E-state index is 0.438.